The zero-order valence-electron chi connectivity index (χ0n) is 15.9. The smallest absolute Gasteiger partial charge is 0.193 e. The number of thiazole rings is 1. The van der Waals surface area contributed by atoms with Crippen LogP contribution >= 0.6 is 35.3 Å². The number of aliphatic imine (C=N–C) groups is 1. The van der Waals surface area contributed by atoms with Crippen molar-refractivity contribution in [2.45, 2.75) is 26.3 Å². The van der Waals surface area contributed by atoms with E-state index < -0.39 is 0 Å². The van der Waals surface area contributed by atoms with Crippen LogP contribution in [0.25, 0.3) is 10.6 Å². The SMILES string of the molecule is CN=C(NCc1sc(-c2ccccc2)nc1C)N1CCC2(CCOC2)C1.I. The highest BCUT2D eigenvalue weighted by molar-refractivity contribution is 14.0. The van der Waals surface area contributed by atoms with Crippen molar-refractivity contribution in [3.05, 3.63) is 40.9 Å². The zero-order chi connectivity index (χ0) is 18.0. The van der Waals surface area contributed by atoms with E-state index in [-0.39, 0.29) is 24.0 Å². The summed E-state index contributed by atoms with van der Waals surface area (Å²) < 4.78 is 5.64. The summed E-state index contributed by atoms with van der Waals surface area (Å²) in [5.74, 6) is 0.989. The Bertz CT molecular complexity index is 787. The summed E-state index contributed by atoms with van der Waals surface area (Å²) in [6.07, 6.45) is 2.38. The maximum absolute atomic E-state index is 5.64. The van der Waals surface area contributed by atoms with E-state index in [4.69, 9.17) is 9.72 Å². The van der Waals surface area contributed by atoms with Gasteiger partial charge in [-0.2, -0.15) is 0 Å². The molecule has 2 saturated heterocycles. The standard InChI is InChI=1S/C20H26N4OS.HI/c1-15-17(26-18(23-15)16-6-4-3-5-7-16)12-22-19(21-2)24-10-8-20(13-24)9-11-25-14-20;/h3-7H,8-14H2,1-2H3,(H,21,22);1H. The molecular weight excluding hydrogens is 471 g/mol. The van der Waals surface area contributed by atoms with E-state index in [1.807, 2.05) is 13.1 Å². The molecule has 0 amide bonds. The summed E-state index contributed by atoms with van der Waals surface area (Å²) in [7, 11) is 1.87. The number of nitrogens with zero attached hydrogens (tertiary/aromatic N) is 3. The molecule has 146 valence electrons. The van der Waals surface area contributed by atoms with Crippen LogP contribution in [0.5, 0.6) is 0 Å². The number of benzene rings is 1. The lowest BCUT2D eigenvalue weighted by Gasteiger charge is -2.24. The number of guanidine groups is 1. The largest absolute Gasteiger partial charge is 0.381 e. The van der Waals surface area contributed by atoms with E-state index in [2.05, 4.69) is 46.4 Å². The Morgan fingerprint density at radius 1 is 1.33 bits per heavy atom. The summed E-state index contributed by atoms with van der Waals surface area (Å²) in [4.78, 5) is 12.9. The van der Waals surface area contributed by atoms with Gasteiger partial charge in [0.05, 0.1) is 18.8 Å². The summed E-state index contributed by atoms with van der Waals surface area (Å²) in [5.41, 5.74) is 2.62. The maximum Gasteiger partial charge on any atom is 0.193 e. The van der Waals surface area contributed by atoms with Crippen molar-refractivity contribution in [1.29, 1.82) is 0 Å². The summed E-state index contributed by atoms with van der Waals surface area (Å²) in [6.45, 7) is 6.76. The van der Waals surface area contributed by atoms with Crippen LogP contribution < -0.4 is 5.32 Å². The van der Waals surface area contributed by atoms with Crippen molar-refractivity contribution in [3.8, 4) is 10.6 Å². The number of rotatable bonds is 3. The van der Waals surface area contributed by atoms with Crippen molar-refractivity contribution in [3.63, 3.8) is 0 Å². The molecule has 2 fully saturated rings. The highest BCUT2D eigenvalue weighted by atomic mass is 127. The second-order valence-corrected chi connectivity index (χ2v) is 8.35. The minimum absolute atomic E-state index is 0. The van der Waals surface area contributed by atoms with Gasteiger partial charge in [0.25, 0.3) is 0 Å². The first-order valence-corrected chi connectivity index (χ1v) is 10.1. The van der Waals surface area contributed by atoms with Crippen LogP contribution in [-0.2, 0) is 11.3 Å². The molecule has 2 aliphatic rings. The predicted molar refractivity (Wildman–Crippen MR) is 122 cm³/mol. The normalized spacial score (nSPS) is 22.3. The monoisotopic (exact) mass is 498 g/mol. The average molecular weight is 498 g/mol. The Kier molecular flexibility index (Phi) is 6.75. The number of hydrogen-bond acceptors (Lipinski definition) is 4. The highest BCUT2D eigenvalue weighted by Crippen LogP contribution is 2.38. The molecule has 0 saturated carbocycles. The lowest BCUT2D eigenvalue weighted by atomic mass is 9.87. The molecule has 1 unspecified atom stereocenters. The third kappa shape index (κ3) is 4.46. The van der Waals surface area contributed by atoms with E-state index in [9.17, 15) is 0 Å². The van der Waals surface area contributed by atoms with Gasteiger partial charge in [-0.3, -0.25) is 4.99 Å². The lowest BCUT2D eigenvalue weighted by molar-refractivity contribution is 0.156. The van der Waals surface area contributed by atoms with Crippen molar-refractivity contribution in [2.24, 2.45) is 10.4 Å². The molecule has 1 N–H and O–H groups in total. The van der Waals surface area contributed by atoms with Crippen LogP contribution in [0.4, 0.5) is 0 Å². The van der Waals surface area contributed by atoms with E-state index in [1.165, 1.54) is 23.3 Å². The lowest BCUT2D eigenvalue weighted by Crippen LogP contribution is -2.41. The van der Waals surface area contributed by atoms with E-state index >= 15 is 0 Å². The van der Waals surface area contributed by atoms with Gasteiger partial charge >= 0.3 is 0 Å². The number of likely N-dealkylation sites (tertiary alicyclic amines) is 1. The van der Waals surface area contributed by atoms with E-state index in [0.29, 0.717) is 5.41 Å². The quantitative estimate of drug-likeness (QED) is 0.396. The number of hydrogen-bond donors (Lipinski definition) is 1. The van der Waals surface area contributed by atoms with Crippen LogP contribution in [0.1, 0.15) is 23.4 Å². The van der Waals surface area contributed by atoms with Gasteiger partial charge < -0.3 is 15.0 Å². The van der Waals surface area contributed by atoms with Gasteiger partial charge in [0.2, 0.25) is 0 Å². The third-order valence-electron chi connectivity index (χ3n) is 5.46. The van der Waals surface area contributed by atoms with Crippen LogP contribution in [0.2, 0.25) is 0 Å². The molecule has 0 radical (unpaired) electrons. The van der Waals surface area contributed by atoms with Crippen molar-refractivity contribution in [2.75, 3.05) is 33.4 Å². The molecule has 5 nitrogen and oxygen atoms in total. The molecule has 2 aromatic rings. The minimum atomic E-state index is 0. The fourth-order valence-electron chi connectivity index (χ4n) is 3.88. The highest BCUT2D eigenvalue weighted by Gasteiger charge is 2.42. The van der Waals surface area contributed by atoms with Gasteiger partial charge in [0.15, 0.2) is 5.96 Å². The van der Waals surface area contributed by atoms with Crippen LogP contribution in [-0.4, -0.2) is 49.2 Å². The fourth-order valence-corrected chi connectivity index (χ4v) is 4.88. The maximum atomic E-state index is 5.64. The fraction of sp³-hybridized carbons (Fsp3) is 0.500. The molecule has 3 heterocycles. The first kappa shape index (κ1) is 20.5. The van der Waals surface area contributed by atoms with Gasteiger partial charge in [-0.1, -0.05) is 30.3 Å². The van der Waals surface area contributed by atoms with Crippen LogP contribution in [0.3, 0.4) is 0 Å². The molecule has 4 rings (SSSR count). The third-order valence-corrected chi connectivity index (χ3v) is 6.66. The number of ether oxygens (including phenoxy) is 1. The van der Waals surface area contributed by atoms with Gasteiger partial charge in [-0.25, -0.2) is 4.98 Å². The summed E-state index contributed by atoms with van der Waals surface area (Å²) in [5, 5.41) is 4.63. The summed E-state index contributed by atoms with van der Waals surface area (Å²) >= 11 is 1.76. The van der Waals surface area contributed by atoms with Gasteiger partial charge in [-0.05, 0) is 19.8 Å². The number of aryl methyl sites for hydroxylation is 1. The summed E-state index contributed by atoms with van der Waals surface area (Å²) in [6, 6.07) is 10.4. The molecule has 0 aliphatic carbocycles. The molecule has 0 bridgehead atoms. The molecule has 27 heavy (non-hydrogen) atoms. The first-order valence-electron chi connectivity index (χ1n) is 9.24. The molecule has 7 heteroatoms. The minimum Gasteiger partial charge on any atom is -0.381 e. The van der Waals surface area contributed by atoms with Crippen LogP contribution in [0.15, 0.2) is 35.3 Å². The second kappa shape index (κ2) is 8.87. The Morgan fingerprint density at radius 3 is 2.85 bits per heavy atom. The molecular formula is C20H27IN4OS. The Hall–Kier alpha value is -1.19. The van der Waals surface area contributed by atoms with Crippen molar-refractivity contribution < 1.29 is 4.74 Å². The number of aromatic nitrogens is 1. The molecule has 1 aromatic heterocycles. The topological polar surface area (TPSA) is 49.8 Å². The second-order valence-electron chi connectivity index (χ2n) is 7.27. The predicted octanol–water partition coefficient (Wildman–Crippen LogP) is 3.92. The van der Waals surface area contributed by atoms with Crippen molar-refractivity contribution >= 4 is 41.3 Å². The van der Waals surface area contributed by atoms with Crippen LogP contribution in [0, 0.1) is 12.3 Å². The number of nitrogens with one attached hydrogen (secondary N) is 1. The van der Waals surface area contributed by atoms with E-state index in [1.54, 1.807) is 11.3 Å². The van der Waals surface area contributed by atoms with Gasteiger partial charge in [0, 0.05) is 42.6 Å². The van der Waals surface area contributed by atoms with Gasteiger partial charge in [-0.15, -0.1) is 35.3 Å². The Labute approximate surface area is 182 Å². The molecule has 2 aliphatic heterocycles. The number of halogens is 1. The Balaban J connectivity index is 0.00000210. The first-order chi connectivity index (χ1) is 12.7. The molecule has 1 atom stereocenters. The average Bonchev–Trinajstić information content (AvgIpc) is 3.39. The molecule has 1 aromatic carbocycles. The zero-order valence-corrected chi connectivity index (χ0v) is 19.0. The Morgan fingerprint density at radius 2 is 2.15 bits per heavy atom. The molecule has 1 spiro atoms. The van der Waals surface area contributed by atoms with Gasteiger partial charge in [0.1, 0.15) is 5.01 Å². The van der Waals surface area contributed by atoms with E-state index in [0.717, 1.165) is 49.5 Å². The van der Waals surface area contributed by atoms with Crippen molar-refractivity contribution in [1.82, 2.24) is 15.2 Å².